The Morgan fingerprint density at radius 3 is 1.05 bits per heavy atom. The number of aliphatic hydroxyl groups excluding tert-OH is 1. The van der Waals surface area contributed by atoms with E-state index in [0.717, 1.165) is 77.4 Å². The molecule has 0 bridgehead atoms. The second-order valence-corrected chi connectivity index (χ2v) is 17.6. The third-order valence-corrected chi connectivity index (χ3v) is 11.6. The maximum absolute atomic E-state index is 12.5. The summed E-state index contributed by atoms with van der Waals surface area (Å²) in [6.45, 7) is 31.3. The Balaban J connectivity index is -0.000000238. The summed E-state index contributed by atoms with van der Waals surface area (Å²) in [5.41, 5.74) is 0. The molecule has 0 radical (unpaired) electrons. The van der Waals surface area contributed by atoms with E-state index >= 15 is 0 Å². The minimum Gasteiger partial charge on any atom is -0.465 e. The van der Waals surface area contributed by atoms with Crippen molar-refractivity contribution in [3.8, 4) is 0 Å². The van der Waals surface area contributed by atoms with Gasteiger partial charge in [0.15, 0.2) is 0 Å². The van der Waals surface area contributed by atoms with E-state index in [2.05, 4.69) is 53.4 Å². The molecule has 0 aromatic heterocycles. The predicted octanol–water partition coefficient (Wildman–Crippen LogP) is 19.7. The van der Waals surface area contributed by atoms with Crippen molar-refractivity contribution in [3.63, 3.8) is 0 Å². The first-order valence-corrected chi connectivity index (χ1v) is 29.6. The Labute approximate surface area is 412 Å². The molecule has 0 aliphatic carbocycles. The number of esters is 1. The molecule has 398 valence electrons. The molecule has 0 aromatic rings. The van der Waals surface area contributed by atoms with Crippen LogP contribution in [-0.4, -0.2) is 60.9 Å². The highest BCUT2D eigenvalue weighted by molar-refractivity contribution is 5.69. The average Bonchev–Trinajstić information content (AvgIpc) is 3.33. The molecule has 2 atom stereocenters. The number of hydrogen-bond acceptors (Lipinski definition) is 6. The van der Waals surface area contributed by atoms with Crippen molar-refractivity contribution in [3.05, 3.63) is 0 Å². The molecule has 0 saturated carbocycles. The van der Waals surface area contributed by atoms with E-state index in [1.54, 1.807) is 0 Å². The van der Waals surface area contributed by atoms with Gasteiger partial charge in [0, 0.05) is 13.0 Å². The summed E-state index contributed by atoms with van der Waals surface area (Å²) in [5, 5.41) is 9.16. The molecule has 1 N–H and O–H groups in total. The van der Waals surface area contributed by atoms with E-state index in [1.807, 2.05) is 41.5 Å². The first-order chi connectivity index (χ1) is 31.9. The van der Waals surface area contributed by atoms with Gasteiger partial charge >= 0.3 is 5.97 Å². The second-order valence-electron chi connectivity index (χ2n) is 17.6. The Morgan fingerprint density at radius 1 is 0.400 bits per heavy atom. The highest BCUT2D eigenvalue weighted by Crippen LogP contribution is 2.19. The van der Waals surface area contributed by atoms with Gasteiger partial charge in [0.2, 0.25) is 0 Å². The molecule has 0 spiro atoms. The van der Waals surface area contributed by atoms with Crippen molar-refractivity contribution < 1.29 is 24.2 Å². The van der Waals surface area contributed by atoms with Crippen LogP contribution in [0.5, 0.6) is 0 Å². The average molecular weight is 931 g/mol. The lowest BCUT2D eigenvalue weighted by molar-refractivity contribution is -0.150. The Hall–Kier alpha value is -1.14. The van der Waals surface area contributed by atoms with Gasteiger partial charge in [-0.2, -0.15) is 0 Å². The quantitative estimate of drug-likeness (QED) is 0.0372. The van der Waals surface area contributed by atoms with Crippen LogP contribution in [0.2, 0.25) is 0 Å². The molecule has 6 heteroatoms. The molecule has 0 aliphatic rings. The Bertz CT molecular complexity index is 757. The van der Waals surface area contributed by atoms with Crippen LogP contribution >= 0.6 is 0 Å². The summed E-state index contributed by atoms with van der Waals surface area (Å²) in [7, 11) is 0. The molecule has 65 heavy (non-hydrogen) atoms. The highest BCUT2D eigenvalue weighted by atomic mass is 16.5. The third kappa shape index (κ3) is 74.6. The van der Waals surface area contributed by atoms with E-state index in [1.165, 1.54) is 180 Å². The summed E-state index contributed by atoms with van der Waals surface area (Å²) in [6, 6.07) is 0. The smallest absolute Gasteiger partial charge is 0.306 e. The fourth-order valence-electron chi connectivity index (χ4n) is 7.58. The molecule has 0 fully saturated rings. The molecular formula is C59H127NO5. The monoisotopic (exact) mass is 930 g/mol. The van der Waals surface area contributed by atoms with Crippen LogP contribution in [0.3, 0.4) is 0 Å². The van der Waals surface area contributed by atoms with Crippen LogP contribution < -0.4 is 0 Å². The molecule has 0 rings (SSSR count). The number of ether oxygens (including phenoxy) is 2. The number of hydrogen-bond donors (Lipinski definition) is 1. The van der Waals surface area contributed by atoms with E-state index in [-0.39, 0.29) is 24.8 Å². The standard InChI is InChI=1S/C30H61NO3.C19H38O2.C4H10.3C2H6/c1-4-7-9-11-13-15-19-23-29(22-18-14-12-10-8-5-2)34-30(33)24-20-16-17-21-26-31(25-6-3)27-28-32;1-3-5-7-9-10-11-13-15-17-19(21-18-20)16-14-12-8-6-4-2;1-3-4-2;3*1-2/h29,32H,4-28H2,1-3H3;18-19H,3-17H2,1-2H3;3-4H2,1-2H3;3*1-2H3. The van der Waals surface area contributed by atoms with E-state index in [9.17, 15) is 9.59 Å². The summed E-state index contributed by atoms with van der Waals surface area (Å²) in [6.07, 6.45) is 47.2. The molecule has 0 aromatic carbocycles. The minimum atomic E-state index is 0.0202. The van der Waals surface area contributed by atoms with Gasteiger partial charge in [-0.1, -0.05) is 257 Å². The molecule has 6 nitrogen and oxygen atoms in total. The lowest BCUT2D eigenvalue weighted by Gasteiger charge is -2.20. The van der Waals surface area contributed by atoms with Crippen LogP contribution in [0, 0.1) is 0 Å². The normalized spacial score (nSPS) is 11.2. The maximum Gasteiger partial charge on any atom is 0.306 e. The predicted molar refractivity (Wildman–Crippen MR) is 294 cm³/mol. The first-order valence-electron chi connectivity index (χ1n) is 29.6. The van der Waals surface area contributed by atoms with E-state index in [0.29, 0.717) is 12.9 Å². The van der Waals surface area contributed by atoms with Crippen LogP contribution in [0.25, 0.3) is 0 Å². The van der Waals surface area contributed by atoms with E-state index in [4.69, 9.17) is 14.6 Å². The highest BCUT2D eigenvalue weighted by Gasteiger charge is 2.14. The third-order valence-electron chi connectivity index (χ3n) is 11.6. The van der Waals surface area contributed by atoms with Gasteiger partial charge in [0.05, 0.1) is 6.61 Å². The lowest BCUT2D eigenvalue weighted by atomic mass is 10.0. The largest absolute Gasteiger partial charge is 0.465 e. The topological polar surface area (TPSA) is 76.1 Å². The zero-order valence-electron chi connectivity index (χ0n) is 47.5. The van der Waals surface area contributed by atoms with Gasteiger partial charge in [-0.3, -0.25) is 9.59 Å². The van der Waals surface area contributed by atoms with Crippen LogP contribution in [0.15, 0.2) is 0 Å². The summed E-state index contributed by atoms with van der Waals surface area (Å²) < 4.78 is 11.2. The van der Waals surface area contributed by atoms with Crippen molar-refractivity contribution in [2.75, 3.05) is 26.2 Å². The van der Waals surface area contributed by atoms with Gasteiger partial charge in [-0.15, -0.1) is 0 Å². The zero-order valence-corrected chi connectivity index (χ0v) is 47.5. The molecule has 0 saturated heterocycles. The van der Waals surface area contributed by atoms with Crippen LogP contribution in [-0.2, 0) is 19.1 Å². The van der Waals surface area contributed by atoms with Crippen molar-refractivity contribution in [1.82, 2.24) is 4.90 Å². The molecule has 2 unspecified atom stereocenters. The maximum atomic E-state index is 12.5. The summed E-state index contributed by atoms with van der Waals surface area (Å²) >= 11 is 0. The van der Waals surface area contributed by atoms with Gasteiger partial charge in [-0.25, -0.2) is 0 Å². The van der Waals surface area contributed by atoms with E-state index < -0.39 is 0 Å². The number of rotatable bonds is 45. The van der Waals surface area contributed by atoms with Crippen molar-refractivity contribution >= 4 is 12.4 Å². The molecule has 0 aliphatic heterocycles. The summed E-state index contributed by atoms with van der Waals surface area (Å²) in [5.74, 6) is 0.0202. The minimum absolute atomic E-state index is 0.0202. The number of nitrogens with zero attached hydrogens (tertiary/aromatic N) is 1. The molecular weight excluding hydrogens is 803 g/mol. The van der Waals surface area contributed by atoms with Crippen molar-refractivity contribution in [1.29, 1.82) is 0 Å². The fraction of sp³-hybridized carbons (Fsp3) is 0.966. The molecule has 0 amide bonds. The number of unbranched alkanes of at least 4 members (excludes halogenated alkanes) is 26. The summed E-state index contributed by atoms with van der Waals surface area (Å²) in [4.78, 5) is 25.4. The van der Waals surface area contributed by atoms with Gasteiger partial charge in [0.1, 0.15) is 12.2 Å². The second kappa shape index (κ2) is 77.1. The van der Waals surface area contributed by atoms with Crippen molar-refractivity contribution in [2.45, 2.75) is 346 Å². The Kier molecular flexibility index (Phi) is 89.4. The number of carbonyl (C=O) groups is 2. The van der Waals surface area contributed by atoms with Crippen LogP contribution in [0.4, 0.5) is 0 Å². The van der Waals surface area contributed by atoms with Crippen LogP contribution in [0.1, 0.15) is 334 Å². The SMILES string of the molecule is CC.CC.CC.CCCC.CCCCCCCCCC(CCCCCCCC)OC(=O)CCCCCCN(CCC)CCO.CCCCCCCCCCC(CCCCCCC)OC=O. The first kappa shape index (κ1) is 75.4. The van der Waals surface area contributed by atoms with Crippen molar-refractivity contribution in [2.24, 2.45) is 0 Å². The zero-order chi connectivity index (χ0) is 50.1. The van der Waals surface area contributed by atoms with Gasteiger partial charge < -0.3 is 19.5 Å². The lowest BCUT2D eigenvalue weighted by Crippen LogP contribution is -2.28. The number of carbonyl (C=O) groups excluding carboxylic acids is 2. The Morgan fingerprint density at radius 2 is 0.723 bits per heavy atom. The van der Waals surface area contributed by atoms with Gasteiger partial charge in [0.25, 0.3) is 6.47 Å². The van der Waals surface area contributed by atoms with Gasteiger partial charge in [-0.05, 0) is 83.7 Å². The fourth-order valence-corrected chi connectivity index (χ4v) is 7.58. The molecule has 0 heterocycles. The number of aliphatic hydroxyl groups is 1.